The minimum Gasteiger partial charge on any atom is -0.309 e. The summed E-state index contributed by atoms with van der Waals surface area (Å²) in [6.07, 6.45) is 9.10. The van der Waals surface area contributed by atoms with Crippen LogP contribution in [0.25, 0.3) is 253 Å². The van der Waals surface area contributed by atoms with Crippen molar-refractivity contribution in [3.05, 3.63) is 542 Å². The van der Waals surface area contributed by atoms with Crippen molar-refractivity contribution in [1.82, 2.24) is 9.13 Å². The molecule has 0 amide bonds. The molecule has 2 aromatic heterocycles. The molecule has 0 unspecified atom stereocenters. The van der Waals surface area contributed by atoms with Gasteiger partial charge in [-0.25, -0.2) is 0 Å². The van der Waals surface area contributed by atoms with Gasteiger partial charge in [-0.3, -0.25) is 0 Å². The van der Waals surface area contributed by atoms with E-state index in [1.165, 1.54) is 286 Å². The van der Waals surface area contributed by atoms with E-state index in [0.29, 0.717) is 0 Å². The Balaban J connectivity index is 0.000000103. The molecule has 0 N–H and O–H groups in total. The van der Waals surface area contributed by atoms with Gasteiger partial charge < -0.3 is 9.13 Å². The topological polar surface area (TPSA) is 9.86 Å². The maximum absolute atomic E-state index is 2.57. The SMILES string of the molecule is C1=Cc2ccc3ccc(-c4ccc5c(c4)C4(c6ccccc6-c6ccccc64)c4cc(-c6ccc7ccc8cccc9ccc6c7c89)ccc4-5)c4c3c2C(=CC4)C1.c1ccc(-c2c3ccccc3c(-c3ccc(-c4ccc5c(c4)c4ccccc4n5-c4ccccc4)cc3)c3ccccc23)cc1.c1ccc(-c2c3ccccc3c(-c3ccc(-n4c5ccccc5c5ccccc54)cc3)c3ccccc23)cc1. The van der Waals surface area contributed by atoms with E-state index in [9.17, 15) is 0 Å². The van der Waals surface area contributed by atoms with E-state index in [2.05, 4.69) is 519 Å². The van der Waals surface area contributed by atoms with E-state index < -0.39 is 5.41 Å². The van der Waals surface area contributed by atoms with Crippen molar-refractivity contribution < 1.29 is 0 Å². The third-order valence-electron chi connectivity index (χ3n) is 31.3. The zero-order valence-corrected chi connectivity index (χ0v) is 77.3. The standard InChI is InChI=1S/C57H34.C44H29N.C38H25N/c1-3-13-49-43(11-1)44-12-2-4-14-50(44)57(49)51-31-39(41-25-19-37-17-15-33-7-5-9-35-21-29-47(41)55(37)53(33)35)23-27-45(51)46-28-24-40(32-52(46)57)42-26-20-38-18-16-34-8-6-10-36-22-30-48(42)56(38)54(34)36;1-3-13-31(14-4-1)43-36-18-7-9-20-38(36)44(39-21-10-8-19-37(39)43)32-25-23-30(24-26-32)33-27-28-42-40(29-33)35-17-11-12-22-41(35)45(42)34-15-5-2-6-16-34;1-2-12-26(13-3-1)37-31-16-4-6-18-33(31)38(34-19-7-5-17-32(34)37)27-22-24-28(25-23-27)39-35-20-10-8-14-29(35)30-15-9-11-21-36(30)39/h1-9,11-29,31-32H,10,30H2;1-29H;1-25H. The summed E-state index contributed by atoms with van der Waals surface area (Å²) >= 11 is 0. The molecule has 4 aliphatic carbocycles. The average Bonchev–Trinajstić information content (AvgIpc) is 1.50. The highest BCUT2D eigenvalue weighted by atomic mass is 15.0. The van der Waals surface area contributed by atoms with Crippen LogP contribution in [0.2, 0.25) is 0 Å². The first-order valence-corrected chi connectivity index (χ1v) is 49.4. The van der Waals surface area contributed by atoms with Gasteiger partial charge in [0.15, 0.2) is 0 Å². The smallest absolute Gasteiger partial charge is 0.0725 e. The Hall–Kier alpha value is -18.1. The molecule has 31 rings (SSSR count). The van der Waals surface area contributed by atoms with Crippen molar-refractivity contribution in [2.45, 2.75) is 18.3 Å². The van der Waals surface area contributed by atoms with Crippen molar-refractivity contribution in [2.24, 2.45) is 0 Å². The molecule has 4 aliphatic rings. The van der Waals surface area contributed by atoms with Crippen molar-refractivity contribution in [3.63, 3.8) is 0 Å². The average molecular weight is 1790 g/mol. The fourth-order valence-corrected chi connectivity index (χ4v) is 25.3. The second-order valence-electron chi connectivity index (χ2n) is 38.4. The molecule has 1 spiro atoms. The minimum absolute atomic E-state index is 0.446. The van der Waals surface area contributed by atoms with Crippen LogP contribution in [0.4, 0.5) is 0 Å². The highest BCUT2D eigenvalue weighted by molar-refractivity contribution is 6.27. The van der Waals surface area contributed by atoms with Crippen LogP contribution in [-0.4, -0.2) is 9.13 Å². The number of hydrogen-bond acceptors (Lipinski definition) is 0. The molecule has 654 valence electrons. The number of aromatic nitrogens is 2. The number of rotatable bonds is 9. The van der Waals surface area contributed by atoms with Crippen molar-refractivity contribution >= 4 is 141 Å². The van der Waals surface area contributed by atoms with Gasteiger partial charge in [-0.2, -0.15) is 0 Å². The quantitative estimate of drug-likeness (QED) is 0.101. The first kappa shape index (κ1) is 80.2. The van der Waals surface area contributed by atoms with Gasteiger partial charge >= 0.3 is 0 Å². The number of hydrogen-bond donors (Lipinski definition) is 0. The Labute approximate surface area is 816 Å². The predicted molar refractivity (Wildman–Crippen MR) is 599 cm³/mol. The van der Waals surface area contributed by atoms with Crippen LogP contribution in [0, 0.1) is 0 Å². The molecule has 2 heteroatoms. The second-order valence-corrected chi connectivity index (χ2v) is 38.4. The van der Waals surface area contributed by atoms with Gasteiger partial charge in [-0.05, 0) is 310 Å². The van der Waals surface area contributed by atoms with Gasteiger partial charge in [0, 0.05) is 32.9 Å². The molecule has 0 saturated carbocycles. The monoisotopic (exact) mass is 1780 g/mol. The van der Waals surface area contributed by atoms with Gasteiger partial charge in [0.25, 0.3) is 0 Å². The van der Waals surface area contributed by atoms with Gasteiger partial charge in [-0.1, -0.05) is 443 Å². The first-order valence-electron chi connectivity index (χ1n) is 49.4. The van der Waals surface area contributed by atoms with Gasteiger partial charge in [0.1, 0.15) is 0 Å². The minimum atomic E-state index is -0.446. The number of allylic oxidation sites excluding steroid dienone is 3. The van der Waals surface area contributed by atoms with Gasteiger partial charge in [0.2, 0.25) is 0 Å². The number of fused-ring (bicyclic) bond motifs is 20. The van der Waals surface area contributed by atoms with Gasteiger partial charge in [-0.15, -0.1) is 0 Å². The lowest BCUT2D eigenvalue weighted by Gasteiger charge is -2.31. The van der Waals surface area contributed by atoms with E-state index in [4.69, 9.17) is 0 Å². The van der Waals surface area contributed by atoms with Crippen LogP contribution in [0.3, 0.4) is 0 Å². The Morgan fingerprint density at radius 3 is 1.06 bits per heavy atom. The molecule has 27 aromatic rings. The Bertz CT molecular complexity index is 9730. The number of nitrogens with zero attached hydrogens (tertiary/aromatic N) is 2. The summed E-state index contributed by atoms with van der Waals surface area (Å²) in [7, 11) is 0. The van der Waals surface area contributed by atoms with Crippen LogP contribution in [0.15, 0.2) is 504 Å². The molecule has 0 aliphatic heterocycles. The molecule has 141 heavy (non-hydrogen) atoms. The van der Waals surface area contributed by atoms with Crippen LogP contribution in [0.1, 0.15) is 45.4 Å². The third-order valence-corrected chi connectivity index (χ3v) is 31.3. The molecule has 2 heterocycles. The zero-order chi connectivity index (χ0) is 92.5. The lowest BCUT2D eigenvalue weighted by molar-refractivity contribution is 0.794. The largest absolute Gasteiger partial charge is 0.309 e. The highest BCUT2D eigenvalue weighted by Crippen LogP contribution is 2.65. The Morgan fingerprint density at radius 2 is 0.539 bits per heavy atom. The molecule has 25 aromatic carbocycles. The number of benzene rings is 25. The molecule has 2 nitrogen and oxygen atoms in total. The molecular formula is C139H88N2. The van der Waals surface area contributed by atoms with E-state index in [-0.39, 0.29) is 0 Å². The van der Waals surface area contributed by atoms with Crippen LogP contribution >= 0.6 is 0 Å². The number of para-hydroxylation sites is 4. The van der Waals surface area contributed by atoms with E-state index >= 15 is 0 Å². The molecule has 0 fully saturated rings. The van der Waals surface area contributed by atoms with E-state index in [1.54, 1.807) is 0 Å². The third kappa shape index (κ3) is 12.3. The van der Waals surface area contributed by atoms with Crippen LogP contribution in [0.5, 0.6) is 0 Å². The van der Waals surface area contributed by atoms with Gasteiger partial charge in [0.05, 0.1) is 27.5 Å². The summed E-state index contributed by atoms with van der Waals surface area (Å²) < 4.78 is 4.75. The summed E-state index contributed by atoms with van der Waals surface area (Å²) in [6.45, 7) is 0. The molecule has 0 bridgehead atoms. The zero-order valence-electron chi connectivity index (χ0n) is 77.3. The maximum atomic E-state index is 2.57. The molecule has 0 radical (unpaired) electrons. The Kier molecular flexibility index (Phi) is 18.2. The Morgan fingerprint density at radius 1 is 0.184 bits per heavy atom. The van der Waals surface area contributed by atoms with Crippen LogP contribution < -0.4 is 0 Å². The van der Waals surface area contributed by atoms with E-state index in [0.717, 1.165) is 12.8 Å². The van der Waals surface area contributed by atoms with Crippen molar-refractivity contribution in [2.75, 3.05) is 0 Å². The van der Waals surface area contributed by atoms with E-state index in [1.807, 2.05) is 0 Å². The summed E-state index contributed by atoms with van der Waals surface area (Å²) in [5.74, 6) is 0. The highest BCUT2D eigenvalue weighted by Gasteiger charge is 2.52. The molecule has 0 saturated heterocycles. The lowest BCUT2D eigenvalue weighted by atomic mass is 9.69. The first-order chi connectivity index (χ1) is 70.0. The molecular weight excluding hydrogens is 1700 g/mol. The van der Waals surface area contributed by atoms with Crippen molar-refractivity contribution in [3.8, 4) is 112 Å². The second kappa shape index (κ2) is 32.0. The van der Waals surface area contributed by atoms with Crippen LogP contribution in [-0.2, 0) is 11.8 Å². The predicted octanol–water partition coefficient (Wildman–Crippen LogP) is 37.3. The summed E-state index contributed by atoms with van der Waals surface area (Å²) in [4.78, 5) is 0. The summed E-state index contributed by atoms with van der Waals surface area (Å²) in [6, 6.07) is 182. The van der Waals surface area contributed by atoms with Crippen molar-refractivity contribution in [1.29, 1.82) is 0 Å². The lowest BCUT2D eigenvalue weighted by Crippen LogP contribution is -2.26. The summed E-state index contributed by atoms with van der Waals surface area (Å²) in [5.41, 5.74) is 41.2. The summed E-state index contributed by atoms with van der Waals surface area (Å²) in [5, 5.41) is 26.1. The maximum Gasteiger partial charge on any atom is 0.0725 e. The fraction of sp³-hybridized carbons (Fsp3) is 0.0216. The fourth-order valence-electron chi connectivity index (χ4n) is 25.3. The molecule has 0 atom stereocenters. The normalized spacial score (nSPS) is 13.0.